The summed E-state index contributed by atoms with van der Waals surface area (Å²) in [4.78, 5) is 11.2. The monoisotopic (exact) mass is 284 g/mol. The maximum absolute atomic E-state index is 11.2. The van der Waals surface area contributed by atoms with Crippen molar-refractivity contribution in [3.05, 3.63) is 41.9 Å². The van der Waals surface area contributed by atoms with Gasteiger partial charge >= 0.3 is 0 Å². The molecule has 7 nitrogen and oxygen atoms in total. The van der Waals surface area contributed by atoms with Gasteiger partial charge in [0.25, 0.3) is 5.91 Å². The molecule has 0 atom stereocenters. The zero-order valence-electron chi connectivity index (χ0n) is 11.7. The number of carbonyl (C=O) groups excluding carboxylic acids is 1. The Morgan fingerprint density at radius 3 is 2.71 bits per heavy atom. The fourth-order valence-corrected chi connectivity index (χ4v) is 2.42. The van der Waals surface area contributed by atoms with Gasteiger partial charge in [0.15, 0.2) is 5.69 Å². The Balaban J connectivity index is 2.02. The largest absolute Gasteiger partial charge is 0.396 e. The van der Waals surface area contributed by atoms with Crippen molar-refractivity contribution in [3.63, 3.8) is 0 Å². The van der Waals surface area contributed by atoms with Crippen molar-refractivity contribution in [1.29, 1.82) is 0 Å². The van der Waals surface area contributed by atoms with Crippen LogP contribution in [0.15, 0.2) is 30.5 Å². The lowest BCUT2D eigenvalue weighted by Gasteiger charge is -1.98. The summed E-state index contributed by atoms with van der Waals surface area (Å²) >= 11 is 0. The van der Waals surface area contributed by atoms with E-state index in [0.717, 1.165) is 23.1 Å². The van der Waals surface area contributed by atoms with Crippen LogP contribution in [0.1, 0.15) is 23.1 Å². The Hall–Kier alpha value is -2.83. The van der Waals surface area contributed by atoms with Crippen LogP contribution in [0.4, 0.5) is 5.69 Å². The molecule has 0 unspecified atom stereocenters. The molecule has 0 saturated carbocycles. The summed E-state index contributed by atoms with van der Waals surface area (Å²) in [7, 11) is 0. The molecule has 4 N–H and O–H groups in total. The Kier molecular flexibility index (Phi) is 3.09. The van der Waals surface area contributed by atoms with Crippen molar-refractivity contribution < 1.29 is 4.79 Å². The van der Waals surface area contributed by atoms with Crippen LogP contribution in [0.5, 0.6) is 0 Å². The molecule has 0 fully saturated rings. The number of anilines is 1. The second kappa shape index (κ2) is 4.93. The number of rotatable bonds is 4. The first-order chi connectivity index (χ1) is 10.1. The van der Waals surface area contributed by atoms with Crippen LogP contribution in [-0.2, 0) is 13.1 Å². The van der Waals surface area contributed by atoms with Crippen LogP contribution in [0.2, 0.25) is 0 Å². The lowest BCUT2D eigenvalue weighted by atomic mass is 10.2. The van der Waals surface area contributed by atoms with Crippen molar-refractivity contribution in [2.75, 3.05) is 5.73 Å². The maximum Gasteiger partial charge on any atom is 0.271 e. The van der Waals surface area contributed by atoms with E-state index in [9.17, 15) is 4.79 Å². The highest BCUT2D eigenvalue weighted by Gasteiger charge is 2.14. The summed E-state index contributed by atoms with van der Waals surface area (Å²) in [6, 6.07) is 8.00. The fourth-order valence-electron chi connectivity index (χ4n) is 2.42. The van der Waals surface area contributed by atoms with E-state index < -0.39 is 5.91 Å². The molecule has 2 aromatic heterocycles. The molecule has 2 heterocycles. The topological polar surface area (TPSA) is 105 Å². The number of carbonyl (C=O) groups is 1. The summed E-state index contributed by atoms with van der Waals surface area (Å²) in [6.45, 7) is 3.26. The van der Waals surface area contributed by atoms with Gasteiger partial charge in [-0.15, -0.1) is 0 Å². The molecule has 1 amide bonds. The molecule has 0 saturated heterocycles. The van der Waals surface area contributed by atoms with E-state index in [1.54, 1.807) is 10.9 Å². The van der Waals surface area contributed by atoms with E-state index in [4.69, 9.17) is 11.5 Å². The van der Waals surface area contributed by atoms with Gasteiger partial charge in [-0.2, -0.15) is 10.2 Å². The molecule has 21 heavy (non-hydrogen) atoms. The Morgan fingerprint density at radius 2 is 2.05 bits per heavy atom. The standard InChI is InChI=1S/C14H16N6O/c1-2-20-12-6-4-3-5-9(12)11(17-20)8-19-7-10(15)13(18-19)14(16)21/h3-7H,2,8,15H2,1H3,(H2,16,21). The van der Waals surface area contributed by atoms with Crippen LogP contribution >= 0.6 is 0 Å². The minimum Gasteiger partial charge on any atom is -0.396 e. The van der Waals surface area contributed by atoms with Crippen LogP contribution in [-0.4, -0.2) is 25.5 Å². The number of hydrogen-bond donors (Lipinski definition) is 2. The first kappa shape index (κ1) is 13.2. The van der Waals surface area contributed by atoms with Gasteiger partial charge in [0, 0.05) is 18.1 Å². The van der Waals surface area contributed by atoms with E-state index in [1.165, 1.54) is 0 Å². The normalized spacial score (nSPS) is 11.1. The van der Waals surface area contributed by atoms with Crippen molar-refractivity contribution in [2.24, 2.45) is 5.73 Å². The van der Waals surface area contributed by atoms with Crippen molar-refractivity contribution in [3.8, 4) is 0 Å². The third-order valence-corrected chi connectivity index (χ3v) is 3.37. The van der Waals surface area contributed by atoms with Crippen molar-refractivity contribution in [2.45, 2.75) is 20.0 Å². The number of nitrogens with two attached hydrogens (primary N) is 2. The highest BCUT2D eigenvalue weighted by Crippen LogP contribution is 2.20. The van der Waals surface area contributed by atoms with E-state index in [-0.39, 0.29) is 11.4 Å². The summed E-state index contributed by atoms with van der Waals surface area (Å²) in [6.07, 6.45) is 1.60. The Morgan fingerprint density at radius 1 is 1.29 bits per heavy atom. The van der Waals surface area contributed by atoms with Crippen LogP contribution in [0, 0.1) is 0 Å². The molecule has 3 rings (SSSR count). The zero-order valence-corrected chi connectivity index (χ0v) is 11.7. The summed E-state index contributed by atoms with van der Waals surface area (Å²) in [5.41, 5.74) is 13.3. The molecule has 7 heteroatoms. The number of benzene rings is 1. The number of nitrogen functional groups attached to an aromatic ring is 1. The minimum atomic E-state index is -0.629. The van der Waals surface area contributed by atoms with Gasteiger partial charge in [0.05, 0.1) is 23.4 Å². The number of aryl methyl sites for hydroxylation is 1. The molecule has 0 bridgehead atoms. The molecule has 1 aromatic carbocycles. The Bertz CT molecular complexity index is 816. The lowest BCUT2D eigenvalue weighted by molar-refractivity contribution is 0.0995. The molecular weight excluding hydrogens is 268 g/mol. The van der Waals surface area contributed by atoms with Crippen LogP contribution in [0.3, 0.4) is 0 Å². The van der Waals surface area contributed by atoms with Gasteiger partial charge < -0.3 is 11.5 Å². The van der Waals surface area contributed by atoms with Gasteiger partial charge in [-0.05, 0) is 13.0 Å². The number of para-hydroxylation sites is 1. The van der Waals surface area contributed by atoms with E-state index >= 15 is 0 Å². The van der Waals surface area contributed by atoms with Crippen molar-refractivity contribution >= 4 is 22.5 Å². The third kappa shape index (κ3) is 2.22. The molecule has 0 aliphatic heterocycles. The molecule has 108 valence electrons. The fraction of sp³-hybridized carbons (Fsp3) is 0.214. The number of amides is 1. The third-order valence-electron chi connectivity index (χ3n) is 3.37. The van der Waals surface area contributed by atoms with Gasteiger partial charge in [-0.25, -0.2) is 0 Å². The van der Waals surface area contributed by atoms with Crippen LogP contribution in [0.25, 0.3) is 10.9 Å². The van der Waals surface area contributed by atoms with Gasteiger partial charge in [-0.3, -0.25) is 14.2 Å². The molecule has 0 radical (unpaired) electrons. The maximum atomic E-state index is 11.2. The summed E-state index contributed by atoms with van der Waals surface area (Å²) < 4.78 is 3.52. The van der Waals surface area contributed by atoms with Gasteiger partial charge in [0.1, 0.15) is 0 Å². The second-order valence-electron chi connectivity index (χ2n) is 4.77. The van der Waals surface area contributed by atoms with Crippen molar-refractivity contribution in [1.82, 2.24) is 19.6 Å². The van der Waals surface area contributed by atoms with E-state index in [0.29, 0.717) is 6.54 Å². The highest BCUT2D eigenvalue weighted by atomic mass is 16.1. The average molecular weight is 284 g/mol. The zero-order chi connectivity index (χ0) is 15.0. The quantitative estimate of drug-likeness (QED) is 0.745. The summed E-state index contributed by atoms with van der Waals surface area (Å²) in [5, 5.41) is 9.76. The van der Waals surface area contributed by atoms with Gasteiger partial charge in [0.2, 0.25) is 0 Å². The van der Waals surface area contributed by atoms with Gasteiger partial charge in [-0.1, -0.05) is 18.2 Å². The second-order valence-corrected chi connectivity index (χ2v) is 4.77. The average Bonchev–Trinajstić information content (AvgIpc) is 3.01. The molecule has 3 aromatic rings. The molecular formula is C14H16N6O. The number of nitrogens with zero attached hydrogens (tertiary/aromatic N) is 4. The first-order valence-electron chi connectivity index (χ1n) is 6.67. The smallest absolute Gasteiger partial charge is 0.271 e. The number of primary amides is 1. The van der Waals surface area contributed by atoms with E-state index in [2.05, 4.69) is 10.2 Å². The SMILES string of the molecule is CCn1nc(Cn2cc(N)c(C(N)=O)n2)c2ccccc21. The number of hydrogen-bond acceptors (Lipinski definition) is 4. The lowest BCUT2D eigenvalue weighted by Crippen LogP contribution is -2.14. The predicted octanol–water partition coefficient (Wildman–Crippen LogP) is 0.982. The predicted molar refractivity (Wildman–Crippen MR) is 79.7 cm³/mol. The number of aromatic nitrogens is 4. The highest BCUT2D eigenvalue weighted by molar-refractivity contribution is 5.95. The molecule has 0 aliphatic carbocycles. The first-order valence-corrected chi connectivity index (χ1v) is 6.67. The van der Waals surface area contributed by atoms with E-state index in [1.807, 2.05) is 35.9 Å². The number of fused-ring (bicyclic) bond motifs is 1. The Labute approximate surface area is 121 Å². The molecule has 0 spiro atoms. The minimum absolute atomic E-state index is 0.0919. The van der Waals surface area contributed by atoms with Crippen LogP contribution < -0.4 is 11.5 Å². The summed E-state index contributed by atoms with van der Waals surface area (Å²) in [5.74, 6) is -0.629. The molecule has 0 aliphatic rings.